The molecule has 1 unspecified atom stereocenters. The van der Waals surface area contributed by atoms with Gasteiger partial charge in [-0.3, -0.25) is 14.6 Å². The minimum Gasteiger partial charge on any atom is -0.381 e. The fraction of sp³-hybridized carbons (Fsp3) is 0.692. The molecule has 1 aliphatic carbocycles. The molecule has 4 rings (SSSR count). The molecule has 1 aromatic heterocycles. The zero-order valence-corrected chi connectivity index (χ0v) is 20.6. The van der Waals surface area contributed by atoms with E-state index < -0.39 is 11.7 Å². The highest BCUT2D eigenvalue weighted by Gasteiger charge is 2.42. The van der Waals surface area contributed by atoms with E-state index in [9.17, 15) is 18.0 Å². The second-order valence-electron chi connectivity index (χ2n) is 9.98. The van der Waals surface area contributed by atoms with Gasteiger partial charge in [-0.05, 0) is 50.2 Å². The predicted molar refractivity (Wildman–Crippen MR) is 129 cm³/mol. The number of piperazine rings is 1. The van der Waals surface area contributed by atoms with E-state index in [2.05, 4.69) is 26.9 Å². The average molecular weight is 495 g/mol. The van der Waals surface area contributed by atoms with Crippen molar-refractivity contribution in [2.45, 2.75) is 57.2 Å². The van der Waals surface area contributed by atoms with E-state index in [4.69, 9.17) is 4.74 Å². The van der Waals surface area contributed by atoms with Crippen molar-refractivity contribution in [1.29, 1.82) is 0 Å². The van der Waals surface area contributed by atoms with Crippen LogP contribution in [0.15, 0.2) is 30.5 Å². The van der Waals surface area contributed by atoms with E-state index in [1.54, 1.807) is 11.8 Å². The van der Waals surface area contributed by atoms with Crippen molar-refractivity contribution in [2.75, 3.05) is 57.4 Å². The normalized spacial score (nSPS) is 23.8. The molecule has 6 nitrogen and oxygen atoms in total. The fourth-order valence-corrected chi connectivity index (χ4v) is 5.59. The minimum absolute atomic E-state index is 0.133. The summed E-state index contributed by atoms with van der Waals surface area (Å²) in [7, 11) is 0. The standard InChI is InChI=1S/C26H37F3N4O2/c1-2-24(34)33(23-9-8-22(18-30-23)26(27,28)29)20-25(10-16-35-17-11-25)32-14-12-31(13-15-32)19-21-6-4-3-5-7-21/h4,6,8-9,18,21H,2-3,5,7,10-17,19-20H2,1H3. The van der Waals surface area contributed by atoms with Crippen LogP contribution in [0.5, 0.6) is 0 Å². The summed E-state index contributed by atoms with van der Waals surface area (Å²) in [6.45, 7) is 8.28. The fourth-order valence-electron chi connectivity index (χ4n) is 5.59. The minimum atomic E-state index is -4.46. The summed E-state index contributed by atoms with van der Waals surface area (Å²) in [5.41, 5.74) is -1.08. The van der Waals surface area contributed by atoms with Crippen molar-refractivity contribution in [3.8, 4) is 0 Å². The van der Waals surface area contributed by atoms with Gasteiger partial charge >= 0.3 is 6.18 Å². The number of carbonyl (C=O) groups excluding carboxylic acids is 1. The van der Waals surface area contributed by atoms with Crippen LogP contribution in [0.2, 0.25) is 0 Å². The molecule has 9 heteroatoms. The Balaban J connectivity index is 1.48. The van der Waals surface area contributed by atoms with Crippen molar-refractivity contribution < 1.29 is 22.7 Å². The van der Waals surface area contributed by atoms with Crippen molar-refractivity contribution in [3.63, 3.8) is 0 Å². The highest BCUT2D eigenvalue weighted by molar-refractivity contribution is 5.92. The van der Waals surface area contributed by atoms with Gasteiger partial charge in [-0.25, -0.2) is 4.98 Å². The molecule has 0 saturated carbocycles. The lowest BCUT2D eigenvalue weighted by atomic mass is 9.86. The zero-order valence-electron chi connectivity index (χ0n) is 20.6. The topological polar surface area (TPSA) is 48.9 Å². The Bertz CT molecular complexity index is 860. The number of allylic oxidation sites excluding steroid dienone is 1. The summed E-state index contributed by atoms with van der Waals surface area (Å²) in [5, 5.41) is 0. The zero-order chi connectivity index (χ0) is 24.9. The summed E-state index contributed by atoms with van der Waals surface area (Å²) in [6.07, 6.45) is 6.57. The Morgan fingerprint density at radius 1 is 1.20 bits per heavy atom. The van der Waals surface area contributed by atoms with Crippen LogP contribution in [-0.4, -0.2) is 78.7 Å². The van der Waals surface area contributed by atoms with Gasteiger partial charge < -0.3 is 9.64 Å². The third kappa shape index (κ3) is 6.43. The van der Waals surface area contributed by atoms with Crippen molar-refractivity contribution in [2.24, 2.45) is 5.92 Å². The number of alkyl halides is 3. The first-order chi connectivity index (χ1) is 16.8. The van der Waals surface area contributed by atoms with Crippen molar-refractivity contribution in [3.05, 3.63) is 36.0 Å². The number of nitrogens with zero attached hydrogens (tertiary/aromatic N) is 4. The number of anilines is 1. The van der Waals surface area contributed by atoms with Crippen LogP contribution < -0.4 is 4.90 Å². The number of carbonyl (C=O) groups is 1. The molecule has 194 valence electrons. The molecule has 2 saturated heterocycles. The number of hydrogen-bond donors (Lipinski definition) is 0. The maximum Gasteiger partial charge on any atom is 0.417 e. The van der Waals surface area contributed by atoms with Gasteiger partial charge in [-0.1, -0.05) is 19.1 Å². The quantitative estimate of drug-likeness (QED) is 0.527. The molecule has 3 heterocycles. The maximum atomic E-state index is 13.1. The number of amides is 1. The van der Waals surface area contributed by atoms with Gasteiger partial charge in [-0.15, -0.1) is 0 Å². The molecule has 0 bridgehead atoms. The molecule has 1 aromatic rings. The lowest BCUT2D eigenvalue weighted by molar-refractivity contribution is -0.137. The SMILES string of the molecule is CCC(=O)N(CC1(N2CCN(CC3C=CCCC3)CC2)CCOCC1)c1ccc(C(F)(F)F)cn1. The van der Waals surface area contributed by atoms with Gasteiger partial charge in [0.1, 0.15) is 5.82 Å². The van der Waals surface area contributed by atoms with Gasteiger partial charge in [0, 0.05) is 70.6 Å². The van der Waals surface area contributed by atoms with Crippen molar-refractivity contribution >= 4 is 11.7 Å². The molecule has 3 aliphatic rings. The number of ether oxygens (including phenoxy) is 1. The van der Waals surface area contributed by atoms with Crippen LogP contribution >= 0.6 is 0 Å². The predicted octanol–water partition coefficient (Wildman–Crippen LogP) is 4.37. The first kappa shape index (κ1) is 26.1. The molecule has 0 N–H and O–H groups in total. The lowest BCUT2D eigenvalue weighted by Crippen LogP contribution is -2.64. The first-order valence-corrected chi connectivity index (χ1v) is 12.9. The molecule has 2 fully saturated rings. The highest BCUT2D eigenvalue weighted by Crippen LogP contribution is 2.34. The van der Waals surface area contributed by atoms with Crippen LogP contribution in [0.25, 0.3) is 0 Å². The van der Waals surface area contributed by atoms with E-state index in [0.717, 1.165) is 57.8 Å². The molecule has 0 aromatic carbocycles. The molecule has 0 spiro atoms. The average Bonchev–Trinajstić information content (AvgIpc) is 2.88. The van der Waals surface area contributed by atoms with Crippen molar-refractivity contribution in [1.82, 2.24) is 14.8 Å². The summed E-state index contributed by atoms with van der Waals surface area (Å²) >= 11 is 0. The summed E-state index contributed by atoms with van der Waals surface area (Å²) in [6, 6.07) is 2.33. The molecular formula is C26H37F3N4O2. The number of rotatable bonds is 7. The lowest BCUT2D eigenvalue weighted by Gasteiger charge is -2.51. The van der Waals surface area contributed by atoms with Crippen LogP contribution in [0.1, 0.15) is 51.0 Å². The van der Waals surface area contributed by atoms with E-state index in [-0.39, 0.29) is 23.7 Å². The number of hydrogen-bond acceptors (Lipinski definition) is 5. The van der Waals surface area contributed by atoms with Gasteiger partial charge in [-0.2, -0.15) is 13.2 Å². The van der Waals surface area contributed by atoms with Crippen LogP contribution in [0.3, 0.4) is 0 Å². The Morgan fingerprint density at radius 3 is 2.51 bits per heavy atom. The van der Waals surface area contributed by atoms with Gasteiger partial charge in [0.2, 0.25) is 5.91 Å². The summed E-state index contributed by atoms with van der Waals surface area (Å²) in [4.78, 5) is 23.6. The Morgan fingerprint density at radius 2 is 1.94 bits per heavy atom. The van der Waals surface area contributed by atoms with Crippen LogP contribution in [-0.2, 0) is 15.7 Å². The van der Waals surface area contributed by atoms with E-state index in [0.29, 0.717) is 25.7 Å². The first-order valence-electron chi connectivity index (χ1n) is 12.9. The number of aromatic nitrogens is 1. The monoisotopic (exact) mass is 494 g/mol. The van der Waals surface area contributed by atoms with E-state index in [1.165, 1.54) is 25.3 Å². The second-order valence-corrected chi connectivity index (χ2v) is 9.98. The van der Waals surface area contributed by atoms with Gasteiger partial charge in [0.15, 0.2) is 0 Å². The molecular weight excluding hydrogens is 457 g/mol. The maximum absolute atomic E-state index is 13.1. The molecule has 0 radical (unpaired) electrons. The number of halogens is 3. The van der Waals surface area contributed by atoms with Gasteiger partial charge in [0.25, 0.3) is 0 Å². The Hall–Kier alpha value is -1.97. The van der Waals surface area contributed by atoms with E-state index in [1.807, 2.05) is 0 Å². The highest BCUT2D eigenvalue weighted by atomic mass is 19.4. The summed E-state index contributed by atoms with van der Waals surface area (Å²) < 4.78 is 44.8. The molecule has 1 atom stereocenters. The smallest absolute Gasteiger partial charge is 0.381 e. The molecule has 35 heavy (non-hydrogen) atoms. The molecule has 2 aliphatic heterocycles. The number of pyridine rings is 1. The summed E-state index contributed by atoms with van der Waals surface area (Å²) in [5.74, 6) is 0.778. The van der Waals surface area contributed by atoms with E-state index >= 15 is 0 Å². The van der Waals surface area contributed by atoms with Crippen LogP contribution in [0.4, 0.5) is 19.0 Å². The largest absolute Gasteiger partial charge is 0.417 e. The Labute approximate surface area is 206 Å². The van der Waals surface area contributed by atoms with Crippen LogP contribution in [0, 0.1) is 5.92 Å². The second kappa shape index (κ2) is 11.4. The third-order valence-electron chi connectivity index (χ3n) is 7.72. The Kier molecular flexibility index (Phi) is 8.50. The third-order valence-corrected chi connectivity index (χ3v) is 7.72. The molecule has 1 amide bonds. The van der Waals surface area contributed by atoms with Gasteiger partial charge in [0.05, 0.1) is 5.56 Å².